The van der Waals surface area contributed by atoms with E-state index in [0.29, 0.717) is 12.8 Å². The van der Waals surface area contributed by atoms with Crippen LogP contribution in [0.5, 0.6) is 0 Å². The molecular weight excluding hydrogens is 342 g/mol. The number of nitrogens with one attached hydrogen (secondary N) is 2. The first-order valence-corrected chi connectivity index (χ1v) is 9.02. The van der Waals surface area contributed by atoms with Gasteiger partial charge in [0.05, 0.1) is 11.8 Å². The van der Waals surface area contributed by atoms with Gasteiger partial charge in [-0.15, -0.1) is 0 Å². The van der Waals surface area contributed by atoms with Crippen LogP contribution < -0.4 is 10.6 Å². The van der Waals surface area contributed by atoms with Gasteiger partial charge in [0.2, 0.25) is 11.8 Å². The van der Waals surface area contributed by atoms with Gasteiger partial charge in [0.25, 0.3) is 5.91 Å². The largest absolute Gasteiger partial charge is 0.454 e. The lowest BCUT2D eigenvalue weighted by Crippen LogP contribution is -2.46. The number of urea groups is 1. The van der Waals surface area contributed by atoms with Crippen molar-refractivity contribution in [3.05, 3.63) is 0 Å². The molecule has 0 radical (unpaired) electrons. The maximum Gasteiger partial charge on any atom is 0.329 e. The zero-order valence-corrected chi connectivity index (χ0v) is 14.7. The highest BCUT2D eigenvalue weighted by Crippen LogP contribution is 2.38. The third kappa shape index (κ3) is 3.86. The molecule has 3 atom stereocenters. The van der Waals surface area contributed by atoms with Gasteiger partial charge in [-0.3, -0.25) is 24.6 Å². The van der Waals surface area contributed by atoms with Crippen LogP contribution in [0.3, 0.4) is 0 Å². The van der Waals surface area contributed by atoms with E-state index in [4.69, 9.17) is 4.74 Å². The number of rotatable bonds is 5. The number of fused-ring (bicyclic) bond motifs is 1. The molecule has 1 saturated heterocycles. The maximum absolute atomic E-state index is 12.5. The fourth-order valence-corrected chi connectivity index (χ4v) is 3.54. The summed E-state index contributed by atoms with van der Waals surface area (Å²) in [6, 6.07) is -1.62. The van der Waals surface area contributed by atoms with Crippen LogP contribution in [0.2, 0.25) is 0 Å². The van der Waals surface area contributed by atoms with Crippen molar-refractivity contribution in [1.82, 2.24) is 15.5 Å². The molecule has 9 heteroatoms. The van der Waals surface area contributed by atoms with E-state index in [9.17, 15) is 24.0 Å². The first kappa shape index (κ1) is 18.3. The topological polar surface area (TPSA) is 122 Å². The summed E-state index contributed by atoms with van der Waals surface area (Å²) in [5, 5.41) is 4.63. The Kier molecular flexibility index (Phi) is 5.24. The van der Waals surface area contributed by atoms with Gasteiger partial charge in [-0.25, -0.2) is 9.59 Å². The lowest BCUT2D eigenvalue weighted by Gasteiger charge is -2.21. The number of esters is 1. The summed E-state index contributed by atoms with van der Waals surface area (Å²) < 4.78 is 4.87. The van der Waals surface area contributed by atoms with E-state index in [0.717, 1.165) is 30.6 Å². The lowest BCUT2D eigenvalue weighted by molar-refractivity contribution is -0.159. The number of imide groups is 2. The Balaban J connectivity index is 1.49. The normalized spacial score (nSPS) is 26.1. The first-order chi connectivity index (χ1) is 12.4. The molecule has 0 unspecified atom stereocenters. The Morgan fingerprint density at radius 2 is 1.65 bits per heavy atom. The summed E-state index contributed by atoms with van der Waals surface area (Å²) >= 11 is 0. The number of nitrogens with zero attached hydrogens (tertiary/aromatic N) is 1. The molecule has 1 heterocycles. The predicted octanol–water partition coefficient (Wildman–Crippen LogP) is 0.0815. The standard InChI is InChI=1S/C17H23N3O6/c1-9(20-14(22)11-4-2-3-5-12(11)15(20)23)16(24)26-8-13(21)19-17(25)18-10-6-7-10/h9-12H,2-8H2,1H3,(H2,18,19,21,25)/t9-,11-,12-/m0/s1. The van der Waals surface area contributed by atoms with Crippen LogP contribution >= 0.6 is 0 Å². The Bertz CT molecular complexity index is 620. The molecule has 142 valence electrons. The Hall–Kier alpha value is -2.45. The molecule has 3 rings (SSSR count). The van der Waals surface area contributed by atoms with Gasteiger partial charge < -0.3 is 10.1 Å². The van der Waals surface area contributed by atoms with Crippen LogP contribution in [-0.4, -0.2) is 53.3 Å². The van der Waals surface area contributed by atoms with Crippen molar-refractivity contribution in [2.75, 3.05) is 6.61 Å². The Labute approximate surface area is 150 Å². The zero-order chi connectivity index (χ0) is 18.8. The van der Waals surface area contributed by atoms with Gasteiger partial charge in [0.1, 0.15) is 6.04 Å². The first-order valence-electron chi connectivity index (χ1n) is 9.02. The summed E-state index contributed by atoms with van der Waals surface area (Å²) in [4.78, 5) is 61.1. The maximum atomic E-state index is 12.5. The molecule has 0 aromatic heterocycles. The number of carbonyl (C=O) groups excluding carboxylic acids is 5. The van der Waals surface area contributed by atoms with E-state index in [-0.39, 0.29) is 29.7 Å². The highest BCUT2D eigenvalue weighted by molar-refractivity contribution is 6.08. The van der Waals surface area contributed by atoms with E-state index in [1.807, 2.05) is 0 Å². The summed E-state index contributed by atoms with van der Waals surface area (Å²) in [7, 11) is 0. The number of likely N-dealkylation sites (tertiary alicyclic amines) is 1. The van der Waals surface area contributed by atoms with Gasteiger partial charge in [-0.1, -0.05) is 12.8 Å². The minimum atomic E-state index is -1.09. The smallest absolute Gasteiger partial charge is 0.329 e. The Morgan fingerprint density at radius 3 is 2.19 bits per heavy atom. The van der Waals surface area contributed by atoms with Gasteiger partial charge in [0, 0.05) is 6.04 Å². The van der Waals surface area contributed by atoms with E-state index in [1.54, 1.807) is 0 Å². The molecule has 0 aromatic carbocycles. The molecule has 2 saturated carbocycles. The number of hydrogen-bond acceptors (Lipinski definition) is 6. The summed E-state index contributed by atoms with van der Waals surface area (Å²) in [6.07, 6.45) is 4.88. The molecule has 0 bridgehead atoms. The van der Waals surface area contributed by atoms with Crippen molar-refractivity contribution in [1.29, 1.82) is 0 Å². The van der Waals surface area contributed by atoms with Crippen LogP contribution in [-0.2, 0) is 23.9 Å². The Morgan fingerprint density at radius 1 is 1.08 bits per heavy atom. The fourth-order valence-electron chi connectivity index (χ4n) is 3.54. The molecular formula is C17H23N3O6. The minimum absolute atomic E-state index is 0.0982. The number of carbonyl (C=O) groups is 5. The van der Waals surface area contributed by atoms with Gasteiger partial charge in [0.15, 0.2) is 6.61 Å². The molecule has 9 nitrogen and oxygen atoms in total. The van der Waals surface area contributed by atoms with E-state index >= 15 is 0 Å². The van der Waals surface area contributed by atoms with Crippen molar-refractivity contribution >= 4 is 29.7 Å². The third-order valence-electron chi connectivity index (χ3n) is 5.11. The monoisotopic (exact) mass is 365 g/mol. The molecule has 0 aromatic rings. The molecule has 0 spiro atoms. The van der Waals surface area contributed by atoms with Crippen LogP contribution in [0.25, 0.3) is 0 Å². The second-order valence-electron chi connectivity index (χ2n) is 7.12. The van der Waals surface area contributed by atoms with Crippen LogP contribution in [0.15, 0.2) is 0 Å². The van der Waals surface area contributed by atoms with Crippen molar-refractivity contribution < 1.29 is 28.7 Å². The molecule has 3 fully saturated rings. The predicted molar refractivity (Wildman–Crippen MR) is 87.4 cm³/mol. The second kappa shape index (κ2) is 7.43. The quantitative estimate of drug-likeness (QED) is 0.526. The summed E-state index contributed by atoms with van der Waals surface area (Å²) in [6.45, 7) is 0.761. The van der Waals surface area contributed by atoms with E-state index < -0.39 is 30.6 Å². The van der Waals surface area contributed by atoms with Crippen molar-refractivity contribution in [3.63, 3.8) is 0 Å². The van der Waals surface area contributed by atoms with E-state index in [2.05, 4.69) is 10.6 Å². The third-order valence-corrected chi connectivity index (χ3v) is 5.11. The number of amides is 5. The summed E-state index contributed by atoms with van der Waals surface area (Å²) in [5.41, 5.74) is 0. The SMILES string of the molecule is C[C@@H](C(=O)OCC(=O)NC(=O)NC1CC1)N1C(=O)[C@H]2CCCC[C@@H]2C1=O. The lowest BCUT2D eigenvalue weighted by atomic mass is 9.81. The van der Waals surface area contributed by atoms with Gasteiger partial charge in [-0.2, -0.15) is 0 Å². The van der Waals surface area contributed by atoms with E-state index in [1.165, 1.54) is 6.92 Å². The number of hydrogen-bond donors (Lipinski definition) is 2. The zero-order valence-electron chi connectivity index (χ0n) is 14.7. The highest BCUT2D eigenvalue weighted by atomic mass is 16.5. The molecule has 2 aliphatic carbocycles. The molecule has 2 N–H and O–H groups in total. The van der Waals surface area contributed by atoms with Crippen LogP contribution in [0.1, 0.15) is 45.4 Å². The summed E-state index contributed by atoms with van der Waals surface area (Å²) in [5.74, 6) is -2.98. The van der Waals surface area contributed by atoms with Gasteiger partial charge >= 0.3 is 12.0 Å². The van der Waals surface area contributed by atoms with Gasteiger partial charge in [-0.05, 0) is 32.6 Å². The second-order valence-corrected chi connectivity index (χ2v) is 7.12. The number of ether oxygens (including phenoxy) is 1. The molecule has 5 amide bonds. The average molecular weight is 365 g/mol. The van der Waals surface area contributed by atoms with Crippen LogP contribution in [0, 0.1) is 11.8 Å². The van der Waals surface area contributed by atoms with Crippen LogP contribution in [0.4, 0.5) is 4.79 Å². The average Bonchev–Trinajstić information content (AvgIpc) is 3.38. The highest BCUT2D eigenvalue weighted by Gasteiger charge is 2.51. The molecule has 1 aliphatic heterocycles. The van der Waals surface area contributed by atoms with Crippen molar-refractivity contribution in [2.24, 2.45) is 11.8 Å². The van der Waals surface area contributed by atoms with Crippen molar-refractivity contribution in [2.45, 2.75) is 57.5 Å². The molecule has 26 heavy (non-hydrogen) atoms. The molecule has 3 aliphatic rings. The van der Waals surface area contributed by atoms with Crippen molar-refractivity contribution in [3.8, 4) is 0 Å². The fraction of sp³-hybridized carbons (Fsp3) is 0.706. The minimum Gasteiger partial charge on any atom is -0.454 e.